The van der Waals surface area contributed by atoms with Crippen LogP contribution in [0.25, 0.3) is 0 Å². The van der Waals surface area contributed by atoms with Crippen LogP contribution in [0.1, 0.15) is 43.9 Å². The van der Waals surface area contributed by atoms with Gasteiger partial charge in [-0.2, -0.15) is 0 Å². The first-order valence-electron chi connectivity index (χ1n) is 10.6. The highest BCUT2D eigenvalue weighted by Crippen LogP contribution is 2.24. The van der Waals surface area contributed by atoms with Crippen LogP contribution in [-0.2, 0) is 6.54 Å². The molecule has 1 fully saturated rings. The van der Waals surface area contributed by atoms with Gasteiger partial charge in [0.05, 0.1) is 12.6 Å². The van der Waals surface area contributed by atoms with E-state index in [1.165, 1.54) is 24.1 Å². The van der Waals surface area contributed by atoms with Crippen LogP contribution in [0.2, 0.25) is 0 Å². The molecule has 1 atom stereocenters. The van der Waals surface area contributed by atoms with Crippen LogP contribution in [0.15, 0.2) is 47.6 Å². The highest BCUT2D eigenvalue weighted by Gasteiger charge is 2.14. The topological polar surface area (TPSA) is 55.8 Å². The van der Waals surface area contributed by atoms with Crippen molar-refractivity contribution in [3.05, 3.63) is 53.7 Å². The Bertz CT molecular complexity index is 817. The number of hydrogen-bond donors (Lipinski definition) is 2. The maximum atomic E-state index is 4.81. The number of aromatic nitrogens is 1. The number of aliphatic imine (C=N–C) groups is 1. The number of rotatable bonds is 7. The summed E-state index contributed by atoms with van der Waals surface area (Å²) < 4.78 is 0. The first-order chi connectivity index (χ1) is 14.1. The second-order valence-electron chi connectivity index (χ2n) is 7.73. The Morgan fingerprint density at radius 1 is 1.20 bits per heavy atom. The second-order valence-corrected chi connectivity index (χ2v) is 7.73. The molecule has 0 amide bonds. The molecule has 164 valence electrons. The minimum absolute atomic E-state index is 0. The van der Waals surface area contributed by atoms with Crippen molar-refractivity contribution in [2.24, 2.45) is 4.99 Å². The van der Waals surface area contributed by atoms with E-state index in [9.17, 15) is 0 Å². The molecule has 2 heterocycles. The maximum absolute atomic E-state index is 4.81. The SMILES string of the molecule is CCNC(=NCc1cccnc1N(C)C)NC(C)c1cccc(N2CCCC2)c1.I. The molecule has 0 spiro atoms. The maximum Gasteiger partial charge on any atom is 0.192 e. The van der Waals surface area contributed by atoms with E-state index in [1.807, 2.05) is 31.3 Å². The molecule has 0 radical (unpaired) electrons. The largest absolute Gasteiger partial charge is 0.372 e. The Kier molecular flexibility index (Phi) is 9.68. The number of guanidine groups is 1. The lowest BCUT2D eigenvalue weighted by molar-refractivity contribution is 0.686. The molecular formula is C23H35IN6. The van der Waals surface area contributed by atoms with Gasteiger partial charge >= 0.3 is 0 Å². The lowest BCUT2D eigenvalue weighted by Gasteiger charge is -2.22. The third kappa shape index (κ3) is 6.48. The van der Waals surface area contributed by atoms with Crippen LogP contribution in [0.4, 0.5) is 11.5 Å². The highest BCUT2D eigenvalue weighted by atomic mass is 127. The zero-order valence-corrected chi connectivity index (χ0v) is 20.9. The summed E-state index contributed by atoms with van der Waals surface area (Å²) in [5.74, 6) is 1.78. The van der Waals surface area contributed by atoms with Gasteiger partial charge in [0, 0.05) is 51.2 Å². The number of benzene rings is 1. The Morgan fingerprint density at radius 3 is 2.67 bits per heavy atom. The molecular weight excluding hydrogens is 487 g/mol. The number of nitrogens with one attached hydrogen (secondary N) is 2. The summed E-state index contributed by atoms with van der Waals surface area (Å²) in [7, 11) is 4.02. The van der Waals surface area contributed by atoms with Crippen molar-refractivity contribution >= 4 is 41.4 Å². The normalized spacial score (nSPS) is 14.8. The second kappa shape index (κ2) is 12.0. The van der Waals surface area contributed by atoms with Crippen molar-refractivity contribution in [2.75, 3.05) is 43.5 Å². The highest BCUT2D eigenvalue weighted by molar-refractivity contribution is 14.0. The first-order valence-corrected chi connectivity index (χ1v) is 10.6. The van der Waals surface area contributed by atoms with E-state index >= 15 is 0 Å². The summed E-state index contributed by atoms with van der Waals surface area (Å²) in [6.45, 7) is 8.00. The van der Waals surface area contributed by atoms with E-state index in [4.69, 9.17) is 4.99 Å². The van der Waals surface area contributed by atoms with Gasteiger partial charge in [0.15, 0.2) is 5.96 Å². The lowest BCUT2D eigenvalue weighted by atomic mass is 10.1. The lowest BCUT2D eigenvalue weighted by Crippen LogP contribution is -2.38. The van der Waals surface area contributed by atoms with Crippen molar-refractivity contribution in [3.63, 3.8) is 0 Å². The molecule has 3 rings (SSSR count). The van der Waals surface area contributed by atoms with Crippen LogP contribution in [0.3, 0.4) is 0 Å². The van der Waals surface area contributed by atoms with Crippen LogP contribution in [0.5, 0.6) is 0 Å². The summed E-state index contributed by atoms with van der Waals surface area (Å²) in [5.41, 5.74) is 3.70. The van der Waals surface area contributed by atoms with Gasteiger partial charge in [-0.05, 0) is 50.5 Å². The Labute approximate surface area is 198 Å². The predicted octanol–water partition coefficient (Wildman–Crippen LogP) is 4.18. The molecule has 7 heteroatoms. The standard InChI is InChI=1S/C23H34N6.HI/c1-5-24-23(26-17-20-11-9-13-25-22(20)28(3)4)27-18(2)19-10-8-12-21(16-19)29-14-6-7-15-29;/h8-13,16,18H,5-7,14-15,17H2,1-4H3,(H2,24,26,27);1H. The van der Waals surface area contributed by atoms with Gasteiger partial charge in [-0.25, -0.2) is 9.98 Å². The van der Waals surface area contributed by atoms with Crippen molar-refractivity contribution in [3.8, 4) is 0 Å². The molecule has 0 saturated carbocycles. The molecule has 6 nitrogen and oxygen atoms in total. The van der Waals surface area contributed by atoms with Crippen molar-refractivity contribution < 1.29 is 0 Å². The average Bonchev–Trinajstić information content (AvgIpc) is 3.27. The summed E-state index contributed by atoms with van der Waals surface area (Å²) in [6, 6.07) is 13.1. The van der Waals surface area contributed by atoms with Gasteiger partial charge in [0.2, 0.25) is 0 Å². The number of pyridine rings is 1. The van der Waals surface area contributed by atoms with Crippen molar-refractivity contribution in [1.29, 1.82) is 0 Å². The van der Waals surface area contributed by atoms with E-state index in [0.29, 0.717) is 6.54 Å². The van der Waals surface area contributed by atoms with E-state index in [0.717, 1.165) is 37.0 Å². The fourth-order valence-electron chi connectivity index (χ4n) is 3.70. The predicted molar refractivity (Wildman–Crippen MR) is 138 cm³/mol. The molecule has 2 aromatic rings. The zero-order valence-electron chi connectivity index (χ0n) is 18.6. The number of nitrogens with zero attached hydrogens (tertiary/aromatic N) is 4. The van der Waals surface area contributed by atoms with Gasteiger partial charge in [0.1, 0.15) is 5.82 Å². The van der Waals surface area contributed by atoms with E-state index in [1.54, 1.807) is 0 Å². The van der Waals surface area contributed by atoms with Crippen LogP contribution >= 0.6 is 24.0 Å². The van der Waals surface area contributed by atoms with Gasteiger partial charge in [-0.3, -0.25) is 0 Å². The van der Waals surface area contributed by atoms with Gasteiger partial charge in [0.25, 0.3) is 0 Å². The summed E-state index contributed by atoms with van der Waals surface area (Å²) in [5, 5.41) is 6.92. The van der Waals surface area contributed by atoms with Gasteiger partial charge < -0.3 is 20.4 Å². The number of halogens is 1. The Morgan fingerprint density at radius 2 is 1.97 bits per heavy atom. The third-order valence-corrected chi connectivity index (χ3v) is 5.24. The number of anilines is 2. The minimum Gasteiger partial charge on any atom is -0.372 e. The summed E-state index contributed by atoms with van der Waals surface area (Å²) in [6.07, 6.45) is 4.40. The molecule has 0 aliphatic carbocycles. The smallest absolute Gasteiger partial charge is 0.192 e. The molecule has 2 N–H and O–H groups in total. The van der Waals surface area contributed by atoms with Gasteiger partial charge in [-0.1, -0.05) is 18.2 Å². The number of hydrogen-bond acceptors (Lipinski definition) is 4. The molecule has 1 aromatic heterocycles. The Balaban J connectivity index is 0.00000320. The monoisotopic (exact) mass is 522 g/mol. The zero-order chi connectivity index (χ0) is 20.6. The van der Waals surface area contributed by atoms with E-state index in [2.05, 4.69) is 64.7 Å². The van der Waals surface area contributed by atoms with Crippen LogP contribution in [0, 0.1) is 0 Å². The molecule has 30 heavy (non-hydrogen) atoms. The first kappa shape index (κ1) is 24.2. The Hall–Kier alpha value is -2.03. The van der Waals surface area contributed by atoms with Crippen LogP contribution < -0.4 is 20.4 Å². The molecule has 1 saturated heterocycles. The molecule has 1 aliphatic rings. The van der Waals surface area contributed by atoms with Crippen molar-refractivity contribution in [2.45, 2.75) is 39.3 Å². The van der Waals surface area contributed by atoms with Gasteiger partial charge in [-0.15, -0.1) is 24.0 Å². The van der Waals surface area contributed by atoms with Crippen molar-refractivity contribution in [1.82, 2.24) is 15.6 Å². The fraction of sp³-hybridized carbons (Fsp3) is 0.478. The van der Waals surface area contributed by atoms with E-state index in [-0.39, 0.29) is 30.0 Å². The van der Waals surface area contributed by atoms with E-state index < -0.39 is 0 Å². The minimum atomic E-state index is 0. The summed E-state index contributed by atoms with van der Waals surface area (Å²) >= 11 is 0. The van der Waals surface area contributed by atoms with Crippen LogP contribution in [-0.4, -0.2) is 44.7 Å². The molecule has 1 aromatic carbocycles. The molecule has 1 aliphatic heterocycles. The molecule has 0 bridgehead atoms. The molecule has 1 unspecified atom stereocenters. The fourth-order valence-corrected chi connectivity index (χ4v) is 3.70. The average molecular weight is 522 g/mol. The summed E-state index contributed by atoms with van der Waals surface area (Å²) in [4.78, 5) is 13.8. The quantitative estimate of drug-likeness (QED) is 0.325. The third-order valence-electron chi connectivity index (χ3n) is 5.24.